The van der Waals surface area contributed by atoms with Crippen molar-refractivity contribution in [2.24, 2.45) is 5.73 Å². The SMILES string of the molecule is CC1(C)C(=O)NCCN1Cc1cc(CN)ccc1F. The number of nitrogens with one attached hydrogen (secondary N) is 1. The smallest absolute Gasteiger partial charge is 0.240 e. The molecule has 1 saturated heterocycles. The van der Waals surface area contributed by atoms with Gasteiger partial charge in [-0.15, -0.1) is 0 Å². The van der Waals surface area contributed by atoms with Crippen LogP contribution in [0.25, 0.3) is 0 Å². The Bertz CT molecular complexity index is 488. The average Bonchev–Trinajstić information content (AvgIpc) is 2.38. The lowest BCUT2D eigenvalue weighted by atomic mass is 9.97. The third-order valence-electron chi connectivity index (χ3n) is 3.72. The van der Waals surface area contributed by atoms with Crippen molar-refractivity contribution in [1.29, 1.82) is 0 Å². The Morgan fingerprint density at radius 2 is 2.21 bits per heavy atom. The summed E-state index contributed by atoms with van der Waals surface area (Å²) in [6.07, 6.45) is 0. The summed E-state index contributed by atoms with van der Waals surface area (Å²) in [4.78, 5) is 13.8. The lowest BCUT2D eigenvalue weighted by molar-refractivity contribution is -0.135. The zero-order valence-corrected chi connectivity index (χ0v) is 11.4. The van der Waals surface area contributed by atoms with Crippen molar-refractivity contribution >= 4 is 5.91 Å². The molecule has 0 bridgehead atoms. The molecule has 19 heavy (non-hydrogen) atoms. The first-order valence-electron chi connectivity index (χ1n) is 6.46. The molecule has 4 nitrogen and oxygen atoms in total. The van der Waals surface area contributed by atoms with Gasteiger partial charge >= 0.3 is 0 Å². The Balaban J connectivity index is 2.22. The molecule has 0 spiro atoms. The Labute approximate surface area is 112 Å². The second-order valence-electron chi connectivity index (χ2n) is 5.37. The highest BCUT2D eigenvalue weighted by Crippen LogP contribution is 2.22. The van der Waals surface area contributed by atoms with Gasteiger partial charge in [0.2, 0.25) is 5.91 Å². The van der Waals surface area contributed by atoms with Crippen molar-refractivity contribution in [1.82, 2.24) is 10.2 Å². The van der Waals surface area contributed by atoms with Crippen LogP contribution in [0.1, 0.15) is 25.0 Å². The van der Waals surface area contributed by atoms with Crippen LogP contribution >= 0.6 is 0 Å². The van der Waals surface area contributed by atoms with Crippen molar-refractivity contribution in [3.05, 3.63) is 35.1 Å². The minimum atomic E-state index is -0.622. The fraction of sp³-hybridized carbons (Fsp3) is 0.500. The van der Waals surface area contributed by atoms with E-state index in [1.54, 1.807) is 12.1 Å². The number of benzene rings is 1. The third-order valence-corrected chi connectivity index (χ3v) is 3.72. The van der Waals surface area contributed by atoms with Crippen LogP contribution in [0.5, 0.6) is 0 Å². The van der Waals surface area contributed by atoms with Gasteiger partial charge in [0.05, 0.1) is 5.54 Å². The molecule has 1 aliphatic rings. The van der Waals surface area contributed by atoms with E-state index in [0.717, 1.165) is 5.56 Å². The van der Waals surface area contributed by atoms with E-state index in [2.05, 4.69) is 5.32 Å². The van der Waals surface area contributed by atoms with Gasteiger partial charge in [-0.25, -0.2) is 4.39 Å². The van der Waals surface area contributed by atoms with Gasteiger partial charge in [0, 0.05) is 31.7 Å². The summed E-state index contributed by atoms with van der Waals surface area (Å²) in [6, 6.07) is 4.90. The summed E-state index contributed by atoms with van der Waals surface area (Å²) in [5, 5.41) is 2.83. The second-order valence-corrected chi connectivity index (χ2v) is 5.37. The van der Waals surface area contributed by atoms with Crippen molar-refractivity contribution < 1.29 is 9.18 Å². The highest BCUT2D eigenvalue weighted by atomic mass is 19.1. The largest absolute Gasteiger partial charge is 0.353 e. The highest BCUT2D eigenvalue weighted by molar-refractivity contribution is 5.86. The quantitative estimate of drug-likeness (QED) is 0.857. The maximum absolute atomic E-state index is 13.8. The standard InChI is InChI=1S/C14H20FN3O/c1-14(2)13(19)17-5-6-18(14)9-11-7-10(8-16)3-4-12(11)15/h3-4,7H,5-6,8-9,16H2,1-2H3,(H,17,19). The molecular weight excluding hydrogens is 245 g/mol. The number of hydrogen-bond acceptors (Lipinski definition) is 3. The summed E-state index contributed by atoms with van der Waals surface area (Å²) in [7, 11) is 0. The van der Waals surface area contributed by atoms with Crippen molar-refractivity contribution in [3.63, 3.8) is 0 Å². The van der Waals surface area contributed by atoms with Gasteiger partial charge in [0.1, 0.15) is 5.82 Å². The molecule has 0 unspecified atom stereocenters. The molecule has 0 aromatic heterocycles. The van der Waals surface area contributed by atoms with E-state index in [1.807, 2.05) is 18.7 Å². The number of halogens is 1. The predicted molar refractivity (Wildman–Crippen MR) is 71.8 cm³/mol. The molecule has 1 aliphatic heterocycles. The summed E-state index contributed by atoms with van der Waals surface area (Å²) in [5.41, 5.74) is 6.44. The molecule has 0 radical (unpaired) electrons. The number of piperazine rings is 1. The molecule has 1 aromatic rings. The molecule has 1 amide bonds. The summed E-state index contributed by atoms with van der Waals surface area (Å²) in [5.74, 6) is -0.270. The van der Waals surface area contributed by atoms with Gasteiger partial charge in [-0.1, -0.05) is 12.1 Å². The van der Waals surface area contributed by atoms with Gasteiger partial charge < -0.3 is 11.1 Å². The monoisotopic (exact) mass is 265 g/mol. The number of nitrogens with zero attached hydrogens (tertiary/aromatic N) is 1. The molecular formula is C14H20FN3O. The van der Waals surface area contributed by atoms with E-state index in [9.17, 15) is 9.18 Å². The van der Waals surface area contributed by atoms with Crippen LogP contribution in [-0.2, 0) is 17.9 Å². The lowest BCUT2D eigenvalue weighted by Crippen LogP contribution is -2.61. The summed E-state index contributed by atoms with van der Waals surface area (Å²) >= 11 is 0. The van der Waals surface area contributed by atoms with E-state index < -0.39 is 5.54 Å². The number of nitrogens with two attached hydrogens (primary N) is 1. The first-order valence-corrected chi connectivity index (χ1v) is 6.46. The average molecular weight is 265 g/mol. The van der Waals surface area contributed by atoms with Gasteiger partial charge in [-0.05, 0) is 25.5 Å². The minimum Gasteiger partial charge on any atom is -0.353 e. The Kier molecular flexibility index (Phi) is 3.87. The molecule has 1 aromatic carbocycles. The topological polar surface area (TPSA) is 58.4 Å². The predicted octanol–water partition coefficient (Wildman–Crippen LogP) is 0.995. The van der Waals surface area contributed by atoms with Gasteiger partial charge in [-0.3, -0.25) is 9.69 Å². The van der Waals surface area contributed by atoms with E-state index >= 15 is 0 Å². The minimum absolute atomic E-state index is 0.0193. The molecule has 5 heteroatoms. The van der Waals surface area contributed by atoms with Crippen molar-refractivity contribution in [3.8, 4) is 0 Å². The van der Waals surface area contributed by atoms with Crippen LogP contribution in [0.3, 0.4) is 0 Å². The van der Waals surface area contributed by atoms with Crippen molar-refractivity contribution in [2.75, 3.05) is 13.1 Å². The van der Waals surface area contributed by atoms with Crippen LogP contribution in [0.15, 0.2) is 18.2 Å². The Morgan fingerprint density at radius 3 is 2.89 bits per heavy atom. The second kappa shape index (κ2) is 5.27. The van der Waals surface area contributed by atoms with Crippen LogP contribution in [-0.4, -0.2) is 29.4 Å². The Morgan fingerprint density at radius 1 is 1.47 bits per heavy atom. The van der Waals surface area contributed by atoms with E-state index in [1.165, 1.54) is 6.07 Å². The lowest BCUT2D eigenvalue weighted by Gasteiger charge is -2.41. The normalized spacial score (nSPS) is 19.3. The molecule has 0 aliphatic carbocycles. The molecule has 1 fully saturated rings. The van der Waals surface area contributed by atoms with Crippen molar-refractivity contribution in [2.45, 2.75) is 32.5 Å². The number of carbonyl (C=O) groups is 1. The molecule has 0 saturated carbocycles. The molecule has 0 atom stereocenters. The van der Waals surface area contributed by atoms with E-state index in [4.69, 9.17) is 5.73 Å². The fourth-order valence-corrected chi connectivity index (χ4v) is 2.30. The number of hydrogen-bond donors (Lipinski definition) is 2. The number of amides is 1. The van der Waals surface area contributed by atoms with E-state index in [0.29, 0.717) is 31.7 Å². The fourth-order valence-electron chi connectivity index (χ4n) is 2.30. The summed E-state index contributed by atoms with van der Waals surface area (Å²) < 4.78 is 13.8. The maximum Gasteiger partial charge on any atom is 0.240 e. The molecule has 2 rings (SSSR count). The number of carbonyl (C=O) groups excluding carboxylic acids is 1. The Hall–Kier alpha value is -1.46. The van der Waals surface area contributed by atoms with Crippen LogP contribution in [0.4, 0.5) is 4.39 Å². The van der Waals surface area contributed by atoms with Gasteiger partial charge in [-0.2, -0.15) is 0 Å². The molecule has 3 N–H and O–H groups in total. The maximum atomic E-state index is 13.8. The first kappa shape index (κ1) is 14.0. The summed E-state index contributed by atoms with van der Waals surface area (Å²) in [6.45, 7) is 5.82. The third kappa shape index (κ3) is 2.77. The molecule has 1 heterocycles. The van der Waals surface area contributed by atoms with Crippen LogP contribution in [0.2, 0.25) is 0 Å². The molecule has 104 valence electrons. The van der Waals surface area contributed by atoms with Gasteiger partial charge in [0.15, 0.2) is 0 Å². The van der Waals surface area contributed by atoms with Crippen LogP contribution < -0.4 is 11.1 Å². The number of rotatable bonds is 3. The zero-order chi connectivity index (χ0) is 14.0. The zero-order valence-electron chi connectivity index (χ0n) is 11.4. The highest BCUT2D eigenvalue weighted by Gasteiger charge is 2.37. The van der Waals surface area contributed by atoms with Crippen LogP contribution in [0, 0.1) is 5.82 Å². The van der Waals surface area contributed by atoms with E-state index in [-0.39, 0.29) is 11.7 Å². The van der Waals surface area contributed by atoms with Gasteiger partial charge in [0.25, 0.3) is 0 Å². The first-order chi connectivity index (χ1) is 8.95.